The molecule has 0 heterocycles. The van der Waals surface area contributed by atoms with Crippen molar-refractivity contribution >= 4 is 43.3 Å². The van der Waals surface area contributed by atoms with Crippen LogP contribution < -0.4 is 9.62 Å². The van der Waals surface area contributed by atoms with Crippen molar-refractivity contribution in [3.63, 3.8) is 0 Å². The lowest BCUT2D eigenvalue weighted by molar-refractivity contribution is 0.0697. The number of hydrogen-bond donors (Lipinski definition) is 2. The highest BCUT2D eigenvalue weighted by atomic mass is 79.9. The van der Waals surface area contributed by atoms with Gasteiger partial charge in [-0.1, -0.05) is 29.3 Å². The fourth-order valence-corrected chi connectivity index (χ4v) is 3.99. The van der Waals surface area contributed by atoms with E-state index >= 15 is 0 Å². The normalized spacial score (nSPS) is 11.2. The van der Waals surface area contributed by atoms with Gasteiger partial charge in [-0.05, 0) is 55.8 Å². The first-order valence-electron chi connectivity index (χ1n) is 8.69. The first-order valence-corrected chi connectivity index (χ1v) is 11.0. The van der Waals surface area contributed by atoms with Gasteiger partial charge in [-0.15, -0.1) is 0 Å². The SMILES string of the molecule is CCCCN(CC)c1ccc(NS(=O)(=O)c2ccc(Br)cc2)cc1C(=O)O. The molecule has 0 unspecified atom stereocenters. The zero-order valence-corrected chi connectivity index (χ0v) is 17.7. The number of anilines is 2. The van der Waals surface area contributed by atoms with Gasteiger partial charge in [-0.3, -0.25) is 4.72 Å². The van der Waals surface area contributed by atoms with Gasteiger partial charge in [0.2, 0.25) is 0 Å². The molecule has 2 aromatic rings. The van der Waals surface area contributed by atoms with Crippen LogP contribution in [0, 0.1) is 0 Å². The molecule has 2 aromatic carbocycles. The lowest BCUT2D eigenvalue weighted by Crippen LogP contribution is -2.26. The highest BCUT2D eigenvalue weighted by Gasteiger charge is 2.19. The number of carboxylic acid groups (broad SMARTS) is 1. The summed E-state index contributed by atoms with van der Waals surface area (Å²) in [5.74, 6) is -1.09. The Labute approximate surface area is 168 Å². The Morgan fingerprint density at radius 3 is 2.37 bits per heavy atom. The summed E-state index contributed by atoms with van der Waals surface area (Å²) in [6, 6.07) is 10.8. The third kappa shape index (κ3) is 5.46. The number of sulfonamides is 1. The molecule has 0 saturated carbocycles. The minimum absolute atomic E-state index is 0.0731. The zero-order valence-electron chi connectivity index (χ0n) is 15.3. The van der Waals surface area contributed by atoms with Gasteiger partial charge >= 0.3 is 5.97 Å². The van der Waals surface area contributed by atoms with Crippen LogP contribution in [0.4, 0.5) is 11.4 Å². The first-order chi connectivity index (χ1) is 12.8. The number of nitrogens with one attached hydrogen (secondary N) is 1. The Bertz CT molecular complexity index is 898. The van der Waals surface area contributed by atoms with Crippen LogP contribution in [0.25, 0.3) is 0 Å². The molecule has 0 atom stereocenters. The van der Waals surface area contributed by atoms with Gasteiger partial charge < -0.3 is 10.0 Å². The third-order valence-electron chi connectivity index (χ3n) is 4.11. The average Bonchev–Trinajstić information content (AvgIpc) is 2.63. The lowest BCUT2D eigenvalue weighted by atomic mass is 10.1. The highest BCUT2D eigenvalue weighted by Crippen LogP contribution is 2.27. The molecule has 0 bridgehead atoms. The molecule has 0 fully saturated rings. The minimum atomic E-state index is -3.80. The number of aromatic carboxylic acids is 1. The molecule has 0 amide bonds. The van der Waals surface area contributed by atoms with Crippen LogP contribution in [0.5, 0.6) is 0 Å². The topological polar surface area (TPSA) is 86.7 Å². The smallest absolute Gasteiger partial charge is 0.337 e. The van der Waals surface area contributed by atoms with E-state index < -0.39 is 16.0 Å². The fourth-order valence-electron chi connectivity index (χ4n) is 2.67. The van der Waals surface area contributed by atoms with Gasteiger partial charge in [-0.25, -0.2) is 13.2 Å². The van der Waals surface area contributed by atoms with E-state index in [1.165, 1.54) is 18.2 Å². The zero-order chi connectivity index (χ0) is 20.0. The van der Waals surface area contributed by atoms with Crippen LogP contribution in [0.1, 0.15) is 37.0 Å². The predicted molar refractivity (Wildman–Crippen MR) is 111 cm³/mol. The summed E-state index contributed by atoms with van der Waals surface area (Å²) in [5.41, 5.74) is 0.875. The van der Waals surface area contributed by atoms with Gasteiger partial charge in [0.1, 0.15) is 0 Å². The van der Waals surface area contributed by atoms with Crippen LogP contribution in [0.15, 0.2) is 51.8 Å². The van der Waals surface area contributed by atoms with Crippen molar-refractivity contribution < 1.29 is 18.3 Å². The number of carbonyl (C=O) groups is 1. The molecule has 2 rings (SSSR count). The summed E-state index contributed by atoms with van der Waals surface area (Å²) in [6.07, 6.45) is 1.95. The summed E-state index contributed by atoms with van der Waals surface area (Å²) in [5, 5.41) is 9.60. The molecule has 8 heteroatoms. The highest BCUT2D eigenvalue weighted by molar-refractivity contribution is 9.10. The van der Waals surface area contributed by atoms with Gasteiger partial charge in [0, 0.05) is 23.2 Å². The number of carboxylic acids is 1. The van der Waals surface area contributed by atoms with Crippen molar-refractivity contribution in [2.24, 2.45) is 0 Å². The Morgan fingerprint density at radius 2 is 1.81 bits per heavy atom. The fraction of sp³-hybridized carbons (Fsp3) is 0.316. The Kier molecular flexibility index (Phi) is 7.26. The predicted octanol–water partition coefficient (Wildman–Crippen LogP) is 4.57. The molecule has 27 heavy (non-hydrogen) atoms. The van der Waals surface area contributed by atoms with E-state index in [-0.39, 0.29) is 16.1 Å². The van der Waals surface area contributed by atoms with E-state index in [9.17, 15) is 18.3 Å². The van der Waals surface area contributed by atoms with Crippen LogP contribution >= 0.6 is 15.9 Å². The second-order valence-corrected chi connectivity index (χ2v) is 8.63. The van der Waals surface area contributed by atoms with E-state index in [1.54, 1.807) is 24.3 Å². The van der Waals surface area contributed by atoms with Gasteiger partial charge in [0.25, 0.3) is 10.0 Å². The second-order valence-electron chi connectivity index (χ2n) is 6.03. The average molecular weight is 455 g/mol. The van der Waals surface area contributed by atoms with Crippen LogP contribution in [-0.4, -0.2) is 32.6 Å². The molecule has 146 valence electrons. The summed E-state index contributed by atoms with van der Waals surface area (Å²) < 4.78 is 28.3. The number of unbranched alkanes of at least 4 members (excludes halogenated alkanes) is 1. The standard InChI is InChI=1S/C19H23BrN2O4S/c1-3-5-12-22(4-2)18-11-8-15(13-17(18)19(23)24)21-27(25,26)16-9-6-14(20)7-10-16/h6-11,13,21H,3-5,12H2,1-2H3,(H,23,24). The maximum Gasteiger partial charge on any atom is 0.337 e. The van der Waals surface area contributed by atoms with E-state index in [1.807, 2.05) is 11.8 Å². The Morgan fingerprint density at radius 1 is 1.15 bits per heavy atom. The summed E-state index contributed by atoms with van der Waals surface area (Å²) >= 11 is 3.27. The minimum Gasteiger partial charge on any atom is -0.478 e. The molecule has 0 aromatic heterocycles. The van der Waals surface area contributed by atoms with Crippen molar-refractivity contribution in [1.29, 1.82) is 0 Å². The van der Waals surface area contributed by atoms with Crippen LogP contribution in [0.3, 0.4) is 0 Å². The summed E-state index contributed by atoms with van der Waals surface area (Å²) in [4.78, 5) is 13.8. The molecular weight excluding hydrogens is 432 g/mol. The molecule has 0 radical (unpaired) electrons. The van der Waals surface area contributed by atoms with Gasteiger partial charge in [0.05, 0.1) is 16.1 Å². The molecule has 0 aliphatic carbocycles. The molecule has 0 saturated heterocycles. The van der Waals surface area contributed by atoms with E-state index in [4.69, 9.17) is 0 Å². The number of hydrogen-bond acceptors (Lipinski definition) is 4. The Hall–Kier alpha value is -2.06. The van der Waals surface area contributed by atoms with Crippen molar-refractivity contribution in [3.8, 4) is 0 Å². The van der Waals surface area contributed by atoms with Crippen LogP contribution in [0.2, 0.25) is 0 Å². The molecule has 0 spiro atoms. The molecule has 0 aliphatic heterocycles. The number of nitrogens with zero attached hydrogens (tertiary/aromatic N) is 1. The maximum absolute atomic E-state index is 12.5. The van der Waals surface area contributed by atoms with Crippen molar-refractivity contribution in [2.75, 3.05) is 22.7 Å². The van der Waals surface area contributed by atoms with Crippen molar-refractivity contribution in [1.82, 2.24) is 0 Å². The number of benzene rings is 2. The van der Waals surface area contributed by atoms with E-state index in [2.05, 4.69) is 27.6 Å². The summed E-state index contributed by atoms with van der Waals surface area (Å²) in [7, 11) is -3.80. The third-order valence-corrected chi connectivity index (χ3v) is 6.03. The molecular formula is C19H23BrN2O4S. The lowest BCUT2D eigenvalue weighted by Gasteiger charge is -2.25. The molecule has 6 nitrogen and oxygen atoms in total. The van der Waals surface area contributed by atoms with Gasteiger partial charge in [-0.2, -0.15) is 0 Å². The van der Waals surface area contributed by atoms with E-state index in [0.29, 0.717) is 12.2 Å². The van der Waals surface area contributed by atoms with E-state index in [0.717, 1.165) is 23.9 Å². The van der Waals surface area contributed by atoms with Crippen molar-refractivity contribution in [3.05, 3.63) is 52.5 Å². The Balaban J connectivity index is 2.34. The van der Waals surface area contributed by atoms with Gasteiger partial charge in [0.15, 0.2) is 0 Å². The maximum atomic E-state index is 12.5. The molecule has 2 N–H and O–H groups in total. The van der Waals surface area contributed by atoms with Crippen LogP contribution in [-0.2, 0) is 10.0 Å². The number of halogens is 1. The van der Waals surface area contributed by atoms with Crippen molar-refractivity contribution in [2.45, 2.75) is 31.6 Å². The first kappa shape index (κ1) is 21.2. The largest absolute Gasteiger partial charge is 0.478 e. The molecule has 0 aliphatic rings. The second kappa shape index (κ2) is 9.23. The summed E-state index contributed by atoms with van der Waals surface area (Å²) in [6.45, 7) is 5.46. The monoisotopic (exact) mass is 454 g/mol. The quantitative estimate of drug-likeness (QED) is 0.578. The number of rotatable bonds is 9.